The lowest BCUT2D eigenvalue weighted by Crippen LogP contribution is -2.16. The number of rotatable bonds is 5. The van der Waals surface area contributed by atoms with Crippen molar-refractivity contribution in [3.05, 3.63) is 156 Å². The zero-order valence-corrected chi connectivity index (χ0v) is 26.4. The van der Waals surface area contributed by atoms with Crippen molar-refractivity contribution in [2.75, 3.05) is 0 Å². The molecule has 9 heteroatoms. The number of nitrogens with two attached hydrogens (primary N) is 1. The van der Waals surface area contributed by atoms with E-state index in [0.29, 0.717) is 0 Å². The number of halogens is 3. The molecule has 0 saturated carbocycles. The van der Waals surface area contributed by atoms with Gasteiger partial charge in [0.15, 0.2) is 11.6 Å². The largest absolute Gasteiger partial charge is 0.486 e. The van der Waals surface area contributed by atoms with E-state index in [1.165, 1.54) is 21.9 Å². The van der Waals surface area contributed by atoms with Crippen LogP contribution in [-0.2, 0) is 11.9 Å². The van der Waals surface area contributed by atoms with Gasteiger partial charge in [0.05, 0.1) is 16.6 Å². The lowest BCUT2D eigenvalue weighted by atomic mass is 10.1. The first kappa shape index (κ1) is 32.1. The van der Waals surface area contributed by atoms with E-state index in [0.717, 1.165) is 45.0 Å². The molecule has 0 atom stereocenters. The van der Waals surface area contributed by atoms with Gasteiger partial charge in [-0.1, -0.05) is 70.5 Å². The number of amides is 1. The van der Waals surface area contributed by atoms with Gasteiger partial charge in [-0.25, -0.2) is 8.78 Å². The average molecular weight is 680 g/mol. The van der Waals surface area contributed by atoms with Crippen LogP contribution in [0.5, 0.6) is 5.75 Å². The first-order valence-corrected chi connectivity index (χ1v) is 15.4. The third-order valence-electron chi connectivity index (χ3n) is 6.95. The smallest absolute Gasteiger partial charge is 0.254 e. The molecule has 3 aromatic heterocycles. The number of hydrogen-bond donors (Lipinski definition) is 1. The predicted molar refractivity (Wildman–Crippen MR) is 182 cm³/mol. The first-order chi connectivity index (χ1) is 22.3. The summed E-state index contributed by atoms with van der Waals surface area (Å²) in [5, 5.41) is 4.26. The van der Waals surface area contributed by atoms with Crippen LogP contribution in [0.3, 0.4) is 0 Å². The van der Waals surface area contributed by atoms with Crippen LogP contribution in [0.4, 0.5) is 8.78 Å². The maximum absolute atomic E-state index is 14.1. The predicted octanol–water partition coefficient (Wildman–Crippen LogP) is 8.86. The van der Waals surface area contributed by atoms with Gasteiger partial charge >= 0.3 is 0 Å². The van der Waals surface area contributed by atoms with Crippen molar-refractivity contribution in [2.45, 2.75) is 18.9 Å². The summed E-state index contributed by atoms with van der Waals surface area (Å²) in [7, 11) is 0. The van der Waals surface area contributed by atoms with Crippen molar-refractivity contribution in [1.82, 2.24) is 15.0 Å². The Morgan fingerprint density at radius 3 is 1.80 bits per heavy atom. The van der Waals surface area contributed by atoms with Crippen LogP contribution in [0, 0.1) is 18.6 Å². The van der Waals surface area contributed by atoms with Crippen molar-refractivity contribution >= 4 is 54.5 Å². The van der Waals surface area contributed by atoms with Gasteiger partial charge in [-0.15, -0.1) is 0 Å². The third-order valence-corrected chi connectivity index (χ3v) is 7.60. The fraction of sp³-hybridized carbons (Fsp3) is 0.0811. The number of aromatic nitrogens is 3. The molecule has 0 aliphatic heterocycles. The van der Waals surface area contributed by atoms with Crippen LogP contribution in [0.25, 0.3) is 32.7 Å². The van der Waals surface area contributed by atoms with Gasteiger partial charge < -0.3 is 10.5 Å². The molecule has 0 aliphatic rings. The molecule has 6 nitrogen and oxygen atoms in total. The molecule has 0 unspecified atom stereocenters. The molecule has 0 bridgehead atoms. The van der Waals surface area contributed by atoms with Gasteiger partial charge in [0.1, 0.15) is 18.0 Å². The third kappa shape index (κ3) is 8.05. The molecular weight excluding hydrogens is 650 g/mol. The number of benzene rings is 4. The highest BCUT2D eigenvalue weighted by molar-refractivity contribution is 9.08. The maximum atomic E-state index is 14.1. The summed E-state index contributed by atoms with van der Waals surface area (Å²) in [6, 6.07) is 32.0. The van der Waals surface area contributed by atoms with Crippen molar-refractivity contribution in [2.24, 2.45) is 5.73 Å². The highest BCUT2D eigenvalue weighted by atomic mass is 79.9. The molecule has 3 heterocycles. The standard InChI is InChI=1S/C17H12F2N2O2.C10H8BrN.C10H9N/c18-12-5-6-14(16(19)15(12)17(20)22)23-9-10-3-4-11-2-1-7-21-13(11)8-10;11-7-8-3-4-9-2-1-5-12-10(9)6-8;1-8-4-5-9-3-2-6-11-10(9)7-8/h1-8H,9H2,(H2,20,22);1-6H,7H2;2-7H,1H3. The van der Waals surface area contributed by atoms with E-state index in [2.05, 4.69) is 86.3 Å². The van der Waals surface area contributed by atoms with E-state index in [1.54, 1.807) is 6.20 Å². The number of ether oxygens (including phenoxy) is 1. The second kappa shape index (κ2) is 15.1. The Bertz CT molecular complexity index is 2140. The quantitative estimate of drug-likeness (QED) is 0.184. The Morgan fingerprint density at radius 2 is 1.24 bits per heavy atom. The number of fused-ring (bicyclic) bond motifs is 3. The molecule has 0 saturated heterocycles. The average Bonchev–Trinajstić information content (AvgIpc) is 3.08. The monoisotopic (exact) mass is 678 g/mol. The molecule has 0 aliphatic carbocycles. The molecule has 4 aromatic carbocycles. The van der Waals surface area contributed by atoms with Crippen LogP contribution in [0.1, 0.15) is 27.0 Å². The normalized spacial score (nSPS) is 10.5. The van der Waals surface area contributed by atoms with Crippen LogP contribution in [0.2, 0.25) is 0 Å². The van der Waals surface area contributed by atoms with Crippen LogP contribution in [0.15, 0.2) is 122 Å². The van der Waals surface area contributed by atoms with Crippen LogP contribution < -0.4 is 10.5 Å². The van der Waals surface area contributed by atoms with Gasteiger partial charge in [0.2, 0.25) is 0 Å². The second-order valence-corrected chi connectivity index (χ2v) is 10.8. The van der Waals surface area contributed by atoms with Crippen molar-refractivity contribution < 1.29 is 18.3 Å². The minimum atomic E-state index is -1.18. The Morgan fingerprint density at radius 1 is 0.717 bits per heavy atom. The molecule has 7 rings (SSSR count). The lowest BCUT2D eigenvalue weighted by molar-refractivity contribution is 0.0991. The SMILES string of the molecule is BrCc1ccc2cccnc2c1.Cc1ccc2cccnc2c1.NC(=O)c1c(F)ccc(OCc2ccc3cccnc3c2)c1F. The van der Waals surface area contributed by atoms with E-state index < -0.39 is 23.1 Å². The summed E-state index contributed by atoms with van der Waals surface area (Å²) in [5.41, 5.74) is 10.4. The Balaban J connectivity index is 0.000000151. The summed E-state index contributed by atoms with van der Waals surface area (Å²) in [5.74, 6) is -3.53. The van der Waals surface area contributed by atoms with Gasteiger partial charge in [-0.3, -0.25) is 19.7 Å². The summed E-state index contributed by atoms with van der Waals surface area (Å²) < 4.78 is 32.8. The highest BCUT2D eigenvalue weighted by Crippen LogP contribution is 2.24. The topological polar surface area (TPSA) is 91.0 Å². The summed E-state index contributed by atoms with van der Waals surface area (Å²) in [6.45, 7) is 2.13. The number of carbonyl (C=O) groups is 1. The van der Waals surface area contributed by atoms with E-state index in [9.17, 15) is 13.6 Å². The number of pyridine rings is 3. The minimum absolute atomic E-state index is 0.0489. The Labute approximate surface area is 273 Å². The van der Waals surface area contributed by atoms with E-state index >= 15 is 0 Å². The number of nitrogens with zero attached hydrogens (tertiary/aromatic N) is 3. The first-order valence-electron chi connectivity index (χ1n) is 14.3. The van der Waals surface area contributed by atoms with Crippen molar-refractivity contribution in [3.63, 3.8) is 0 Å². The molecule has 0 fully saturated rings. The van der Waals surface area contributed by atoms with Crippen molar-refractivity contribution in [3.8, 4) is 5.75 Å². The van der Waals surface area contributed by atoms with E-state index in [1.807, 2.05) is 54.9 Å². The fourth-order valence-electron chi connectivity index (χ4n) is 4.61. The minimum Gasteiger partial charge on any atom is -0.486 e. The fourth-order valence-corrected chi connectivity index (χ4v) is 4.95. The Hall–Kier alpha value is -5.28. The Kier molecular flexibility index (Phi) is 10.6. The molecule has 230 valence electrons. The molecular formula is C37H29BrF2N4O2. The lowest BCUT2D eigenvalue weighted by Gasteiger charge is -2.10. The highest BCUT2D eigenvalue weighted by Gasteiger charge is 2.19. The van der Waals surface area contributed by atoms with Gasteiger partial charge in [0, 0.05) is 40.1 Å². The summed E-state index contributed by atoms with van der Waals surface area (Å²) in [6.07, 6.45) is 5.31. The number of aryl methyl sites for hydroxylation is 1. The van der Waals surface area contributed by atoms with E-state index in [-0.39, 0.29) is 12.4 Å². The molecule has 7 aromatic rings. The number of primary amides is 1. The van der Waals surface area contributed by atoms with Crippen LogP contribution >= 0.6 is 15.9 Å². The van der Waals surface area contributed by atoms with Gasteiger partial charge in [-0.05, 0) is 72.1 Å². The zero-order chi connectivity index (χ0) is 32.5. The number of hydrogen-bond acceptors (Lipinski definition) is 5. The van der Waals surface area contributed by atoms with Crippen LogP contribution in [-0.4, -0.2) is 20.9 Å². The van der Waals surface area contributed by atoms with Gasteiger partial charge in [0.25, 0.3) is 5.91 Å². The molecule has 1 amide bonds. The number of alkyl halides is 1. The second-order valence-electron chi connectivity index (χ2n) is 10.3. The number of carbonyl (C=O) groups excluding carboxylic acids is 1. The molecule has 0 spiro atoms. The molecule has 0 radical (unpaired) electrons. The maximum Gasteiger partial charge on any atom is 0.254 e. The molecule has 46 heavy (non-hydrogen) atoms. The summed E-state index contributed by atoms with van der Waals surface area (Å²) >= 11 is 3.42. The van der Waals surface area contributed by atoms with Gasteiger partial charge in [-0.2, -0.15) is 0 Å². The van der Waals surface area contributed by atoms with Crippen molar-refractivity contribution in [1.29, 1.82) is 0 Å². The summed E-state index contributed by atoms with van der Waals surface area (Å²) in [4.78, 5) is 23.8. The molecule has 2 N–H and O–H groups in total. The zero-order valence-electron chi connectivity index (χ0n) is 24.8. The van der Waals surface area contributed by atoms with E-state index in [4.69, 9.17) is 10.5 Å².